The summed E-state index contributed by atoms with van der Waals surface area (Å²) in [5.74, 6) is 0.378. The summed E-state index contributed by atoms with van der Waals surface area (Å²) in [7, 11) is 3.33. The normalized spacial score (nSPS) is 11.9. The van der Waals surface area contributed by atoms with Crippen molar-refractivity contribution in [2.45, 2.75) is 19.8 Å². The zero-order chi connectivity index (χ0) is 24.0. The summed E-state index contributed by atoms with van der Waals surface area (Å²) in [5, 5.41) is 40.2. The van der Waals surface area contributed by atoms with E-state index in [1.807, 2.05) is 6.07 Å². The van der Waals surface area contributed by atoms with Crippen molar-refractivity contribution in [1.29, 1.82) is 0 Å². The summed E-state index contributed by atoms with van der Waals surface area (Å²) < 4.78 is 10.6. The second-order valence-electron chi connectivity index (χ2n) is 6.40. The molecule has 0 amide bonds. The number of phenolic OH excluding ortho intramolecular Hbond substituents is 1. The molecule has 0 saturated carbocycles. The number of ether oxygens (including phenoxy) is 2. The van der Waals surface area contributed by atoms with Crippen LogP contribution >= 0.6 is 0 Å². The number of phenols is 1. The third kappa shape index (κ3) is 5.06. The maximum atomic E-state index is 10.4. The minimum Gasteiger partial charge on any atom is -0.497 e. The lowest BCUT2D eigenvalue weighted by Gasteiger charge is -2.18. The fourth-order valence-electron chi connectivity index (χ4n) is 3.07. The van der Waals surface area contributed by atoms with E-state index >= 15 is 0 Å². The SMILES string of the molecule is CCC1=NCCc2cc(OC)c(OC)cc21.O=[N+]([O-])c1cc([N+](=O)[O-])c(O)c([N+](=O)[O-])c1. The van der Waals surface area contributed by atoms with Crippen LogP contribution in [0.1, 0.15) is 24.5 Å². The average molecular weight is 448 g/mol. The van der Waals surface area contributed by atoms with Gasteiger partial charge in [-0.15, -0.1) is 0 Å². The van der Waals surface area contributed by atoms with Crippen molar-refractivity contribution in [2.75, 3.05) is 20.8 Å². The maximum absolute atomic E-state index is 10.4. The molecule has 0 radical (unpaired) electrons. The number of fused-ring (bicyclic) bond motifs is 1. The maximum Gasteiger partial charge on any atom is 0.324 e. The molecule has 0 saturated heterocycles. The highest BCUT2D eigenvalue weighted by atomic mass is 16.6. The van der Waals surface area contributed by atoms with Gasteiger partial charge in [-0.25, -0.2) is 0 Å². The topological polar surface area (TPSA) is 180 Å². The Balaban J connectivity index is 0.000000227. The Hall–Kier alpha value is -4.29. The number of aromatic hydroxyl groups is 1. The Morgan fingerprint density at radius 2 is 1.47 bits per heavy atom. The molecule has 1 N–H and O–H groups in total. The molecule has 0 aromatic heterocycles. The van der Waals surface area contributed by atoms with Gasteiger partial charge in [-0.3, -0.25) is 35.3 Å². The van der Waals surface area contributed by atoms with Crippen molar-refractivity contribution < 1.29 is 29.4 Å². The van der Waals surface area contributed by atoms with E-state index in [2.05, 4.69) is 18.0 Å². The summed E-state index contributed by atoms with van der Waals surface area (Å²) in [6, 6.07) is 5.00. The van der Waals surface area contributed by atoms with Crippen LogP contribution in [-0.2, 0) is 6.42 Å². The predicted molar refractivity (Wildman–Crippen MR) is 113 cm³/mol. The lowest BCUT2D eigenvalue weighted by Crippen LogP contribution is -2.12. The van der Waals surface area contributed by atoms with Gasteiger partial charge >= 0.3 is 11.4 Å². The lowest BCUT2D eigenvalue weighted by molar-refractivity contribution is -0.404. The summed E-state index contributed by atoms with van der Waals surface area (Å²) in [6.45, 7) is 3.01. The number of benzene rings is 2. The summed E-state index contributed by atoms with van der Waals surface area (Å²) >= 11 is 0. The van der Waals surface area contributed by atoms with E-state index in [4.69, 9.17) is 14.6 Å². The fraction of sp³-hybridized carbons (Fsp3) is 0.316. The molecular weight excluding hydrogens is 428 g/mol. The Morgan fingerprint density at radius 1 is 0.938 bits per heavy atom. The average Bonchev–Trinajstić information content (AvgIpc) is 2.77. The van der Waals surface area contributed by atoms with Gasteiger partial charge in [0.15, 0.2) is 11.5 Å². The van der Waals surface area contributed by atoms with Crippen LogP contribution in [0.4, 0.5) is 17.1 Å². The fourth-order valence-corrected chi connectivity index (χ4v) is 3.07. The molecule has 0 spiro atoms. The smallest absolute Gasteiger partial charge is 0.324 e. The third-order valence-corrected chi connectivity index (χ3v) is 4.60. The molecule has 1 aliphatic rings. The van der Waals surface area contributed by atoms with Gasteiger partial charge in [0.05, 0.1) is 41.1 Å². The molecule has 170 valence electrons. The van der Waals surface area contributed by atoms with E-state index in [9.17, 15) is 30.3 Å². The summed E-state index contributed by atoms with van der Waals surface area (Å²) in [5.41, 5.74) is 0.691. The monoisotopic (exact) mass is 448 g/mol. The number of aliphatic imine (C=N–C) groups is 1. The van der Waals surface area contributed by atoms with Gasteiger partial charge in [-0.2, -0.15) is 0 Å². The van der Waals surface area contributed by atoms with Gasteiger partial charge in [0.25, 0.3) is 11.4 Å². The van der Waals surface area contributed by atoms with Crippen LogP contribution in [0.2, 0.25) is 0 Å². The number of non-ortho nitro benzene ring substituents is 1. The molecule has 0 aliphatic carbocycles. The minimum absolute atomic E-state index is 0.447. The highest BCUT2D eigenvalue weighted by Crippen LogP contribution is 2.39. The van der Waals surface area contributed by atoms with Crippen molar-refractivity contribution >= 4 is 22.8 Å². The van der Waals surface area contributed by atoms with E-state index in [-0.39, 0.29) is 0 Å². The van der Waals surface area contributed by atoms with Gasteiger partial charge in [0.2, 0.25) is 0 Å². The van der Waals surface area contributed by atoms with Crippen LogP contribution in [0.15, 0.2) is 29.3 Å². The molecule has 2 aromatic rings. The first-order chi connectivity index (χ1) is 15.1. The number of nitrogens with zero attached hydrogens (tertiary/aromatic N) is 4. The second-order valence-corrected chi connectivity index (χ2v) is 6.40. The molecule has 13 heteroatoms. The molecule has 0 atom stereocenters. The van der Waals surface area contributed by atoms with Crippen LogP contribution in [-0.4, -0.2) is 46.4 Å². The molecule has 0 fully saturated rings. The van der Waals surface area contributed by atoms with Crippen LogP contribution in [0.3, 0.4) is 0 Å². The van der Waals surface area contributed by atoms with Crippen molar-refractivity contribution in [1.82, 2.24) is 0 Å². The van der Waals surface area contributed by atoms with Gasteiger partial charge in [0.1, 0.15) is 0 Å². The summed E-state index contributed by atoms with van der Waals surface area (Å²) in [4.78, 5) is 32.3. The second kappa shape index (κ2) is 10.1. The largest absolute Gasteiger partial charge is 0.497 e. The van der Waals surface area contributed by atoms with Crippen LogP contribution in [0, 0.1) is 30.3 Å². The van der Waals surface area contributed by atoms with Crippen LogP contribution < -0.4 is 9.47 Å². The van der Waals surface area contributed by atoms with Gasteiger partial charge in [0, 0.05) is 17.8 Å². The Bertz CT molecular complexity index is 1060. The Morgan fingerprint density at radius 3 is 1.91 bits per heavy atom. The Kier molecular flexibility index (Phi) is 7.61. The van der Waals surface area contributed by atoms with E-state index in [1.165, 1.54) is 16.8 Å². The highest BCUT2D eigenvalue weighted by Gasteiger charge is 2.30. The van der Waals surface area contributed by atoms with E-state index in [0.717, 1.165) is 30.9 Å². The standard InChI is InChI=1S/C13H17NO2.C6H3N3O7/c1-4-11-10-8-13(16-3)12(15-2)7-9(10)5-6-14-11;10-6-4(8(13)14)1-3(7(11)12)2-5(6)9(15)16/h7-8H,4-6H2,1-3H3;1-2,10H. The minimum atomic E-state index is -1.21. The first kappa shape index (κ1) is 24.0. The molecule has 13 nitrogen and oxygen atoms in total. The zero-order valence-electron chi connectivity index (χ0n) is 17.4. The van der Waals surface area contributed by atoms with E-state index in [1.54, 1.807) is 14.2 Å². The van der Waals surface area contributed by atoms with Gasteiger partial charge < -0.3 is 14.6 Å². The molecule has 2 aromatic carbocycles. The van der Waals surface area contributed by atoms with Gasteiger partial charge in [-0.05, 0) is 30.5 Å². The predicted octanol–water partition coefficient (Wildman–Crippen LogP) is 3.58. The molecule has 3 rings (SSSR count). The summed E-state index contributed by atoms with van der Waals surface area (Å²) in [6.07, 6.45) is 1.95. The molecule has 0 bridgehead atoms. The molecular formula is C19H20N4O9. The highest BCUT2D eigenvalue weighted by molar-refractivity contribution is 6.03. The quantitative estimate of drug-likeness (QED) is 0.510. The number of methoxy groups -OCH3 is 2. The third-order valence-electron chi connectivity index (χ3n) is 4.60. The molecule has 32 heavy (non-hydrogen) atoms. The Labute approximate surface area is 181 Å². The molecule has 1 aliphatic heterocycles. The zero-order valence-corrected chi connectivity index (χ0v) is 17.4. The van der Waals surface area contributed by atoms with E-state index in [0.29, 0.717) is 12.1 Å². The number of rotatable bonds is 6. The number of nitro groups is 3. The van der Waals surface area contributed by atoms with Crippen molar-refractivity contribution in [3.05, 3.63) is 65.7 Å². The van der Waals surface area contributed by atoms with Crippen molar-refractivity contribution in [2.24, 2.45) is 4.99 Å². The van der Waals surface area contributed by atoms with Crippen molar-refractivity contribution in [3.8, 4) is 17.2 Å². The van der Waals surface area contributed by atoms with E-state index < -0.39 is 37.6 Å². The lowest BCUT2D eigenvalue weighted by atomic mass is 9.95. The first-order valence-corrected chi connectivity index (χ1v) is 9.23. The number of nitro benzene ring substituents is 3. The molecule has 0 unspecified atom stereocenters. The van der Waals surface area contributed by atoms with Gasteiger partial charge in [-0.1, -0.05) is 6.92 Å². The van der Waals surface area contributed by atoms with Crippen LogP contribution in [0.25, 0.3) is 0 Å². The van der Waals surface area contributed by atoms with Crippen molar-refractivity contribution in [3.63, 3.8) is 0 Å². The van der Waals surface area contributed by atoms with Crippen LogP contribution in [0.5, 0.6) is 17.2 Å². The molecule has 1 heterocycles. The first-order valence-electron chi connectivity index (χ1n) is 9.23. The number of hydrogen-bond donors (Lipinski definition) is 1. The number of hydrogen-bond acceptors (Lipinski definition) is 10.